The molecule has 0 aliphatic rings. The molecule has 0 aliphatic carbocycles. The first-order valence-corrected chi connectivity index (χ1v) is 9.10. The lowest BCUT2D eigenvalue weighted by Gasteiger charge is -2.02. The lowest BCUT2D eigenvalue weighted by molar-refractivity contribution is 0.590. The van der Waals surface area contributed by atoms with Crippen LogP contribution in [-0.4, -0.2) is 13.0 Å². The maximum Gasteiger partial charge on any atom is 0.286 e. The van der Waals surface area contributed by atoms with Gasteiger partial charge in [-0.15, -0.1) is 15.7 Å². The van der Waals surface area contributed by atoms with Crippen LogP contribution in [0.4, 0.5) is 4.39 Å². The van der Waals surface area contributed by atoms with Gasteiger partial charge < -0.3 is 4.57 Å². The highest BCUT2D eigenvalue weighted by molar-refractivity contribution is 7.90. The quantitative estimate of drug-likeness (QED) is 0.851. The van der Waals surface area contributed by atoms with Crippen molar-refractivity contribution in [3.63, 3.8) is 0 Å². The monoisotopic (exact) mass is 353 g/mol. The molecule has 0 saturated heterocycles. The van der Waals surface area contributed by atoms with Gasteiger partial charge in [-0.3, -0.25) is 0 Å². The summed E-state index contributed by atoms with van der Waals surface area (Å²) in [5.74, 6) is -0.492. The van der Waals surface area contributed by atoms with Crippen LogP contribution >= 0.6 is 11.3 Å². The molecule has 0 aliphatic heterocycles. The maximum absolute atomic E-state index is 13.4. The van der Waals surface area contributed by atoms with Crippen LogP contribution in [0.3, 0.4) is 0 Å². The maximum atomic E-state index is 13.4. The number of sulfonamides is 1. The minimum absolute atomic E-state index is 0.129. The summed E-state index contributed by atoms with van der Waals surface area (Å²) < 4.78 is 43.9. The summed E-state index contributed by atoms with van der Waals surface area (Å²) in [7, 11) is -2.45. The van der Waals surface area contributed by atoms with E-state index in [9.17, 15) is 12.8 Å². The van der Waals surface area contributed by atoms with E-state index in [0.29, 0.717) is 4.80 Å². The SMILES string of the molecule is Cc1c(C(C)C)s/c(=N/S(=O)(=O)c2cc(F)ccc2C#N)n1C. The van der Waals surface area contributed by atoms with Crippen molar-refractivity contribution in [1.29, 1.82) is 5.26 Å². The predicted octanol–water partition coefficient (Wildman–Crippen LogP) is 2.82. The average molecular weight is 353 g/mol. The number of rotatable bonds is 3. The Hall–Kier alpha value is -1.98. The molecule has 0 amide bonds. The molecule has 1 heterocycles. The van der Waals surface area contributed by atoms with E-state index in [1.54, 1.807) is 17.7 Å². The molecule has 1 aromatic heterocycles. The molecule has 0 saturated carbocycles. The number of nitrogens with zero attached hydrogens (tertiary/aromatic N) is 3. The van der Waals surface area contributed by atoms with E-state index in [2.05, 4.69) is 4.40 Å². The van der Waals surface area contributed by atoms with Crippen LogP contribution in [0.15, 0.2) is 27.5 Å². The number of hydrogen-bond acceptors (Lipinski definition) is 4. The van der Waals surface area contributed by atoms with Gasteiger partial charge in [-0.05, 0) is 31.0 Å². The highest BCUT2D eigenvalue weighted by atomic mass is 32.2. The number of aromatic nitrogens is 1. The number of hydrogen-bond donors (Lipinski definition) is 0. The van der Waals surface area contributed by atoms with Crippen LogP contribution in [0.25, 0.3) is 0 Å². The Bertz CT molecular complexity index is 964. The summed E-state index contributed by atoms with van der Waals surface area (Å²) in [6.45, 7) is 5.91. The van der Waals surface area contributed by atoms with Crippen molar-refractivity contribution in [2.45, 2.75) is 31.6 Å². The van der Waals surface area contributed by atoms with Crippen molar-refractivity contribution in [3.05, 3.63) is 45.0 Å². The van der Waals surface area contributed by atoms with Gasteiger partial charge in [-0.1, -0.05) is 13.8 Å². The first kappa shape index (κ1) is 17.4. The second-order valence-electron chi connectivity index (χ2n) is 5.37. The highest BCUT2D eigenvalue weighted by Crippen LogP contribution is 2.23. The second kappa shape index (κ2) is 6.26. The lowest BCUT2D eigenvalue weighted by atomic mass is 10.1. The summed E-state index contributed by atoms with van der Waals surface area (Å²) >= 11 is 1.27. The zero-order valence-corrected chi connectivity index (χ0v) is 14.8. The third-order valence-corrected chi connectivity index (χ3v) is 6.37. The summed E-state index contributed by atoms with van der Waals surface area (Å²) in [6.07, 6.45) is 0. The molecule has 0 bridgehead atoms. The number of halogens is 1. The van der Waals surface area contributed by atoms with E-state index in [-0.39, 0.29) is 11.5 Å². The number of benzene rings is 1. The Labute approximate surface area is 138 Å². The topological polar surface area (TPSA) is 75.2 Å². The molecule has 0 spiro atoms. The first-order chi connectivity index (χ1) is 10.7. The van der Waals surface area contributed by atoms with Gasteiger partial charge in [0.1, 0.15) is 16.8 Å². The van der Waals surface area contributed by atoms with Crippen molar-refractivity contribution in [2.75, 3.05) is 0 Å². The Morgan fingerprint density at radius 1 is 1.39 bits per heavy atom. The fraction of sp³-hybridized carbons (Fsp3) is 0.333. The van der Waals surface area contributed by atoms with Crippen LogP contribution in [0.5, 0.6) is 0 Å². The third-order valence-electron chi connectivity index (χ3n) is 3.41. The molecule has 0 atom stereocenters. The molecule has 0 fully saturated rings. The summed E-state index contributed by atoms with van der Waals surface area (Å²) in [4.78, 5) is 0.901. The smallest absolute Gasteiger partial charge is 0.286 e. The number of nitriles is 1. The standard InChI is InChI=1S/C15H16FN3O2S2/c1-9(2)14-10(3)19(4)15(22-14)18-23(20,21)13-7-12(16)6-5-11(13)8-17/h5-7,9H,1-4H3/b18-15+. The fourth-order valence-corrected chi connectivity index (χ4v) is 4.63. The van der Waals surface area contributed by atoms with Gasteiger partial charge in [-0.25, -0.2) is 4.39 Å². The van der Waals surface area contributed by atoms with Crippen molar-refractivity contribution < 1.29 is 12.8 Å². The average Bonchev–Trinajstić information content (AvgIpc) is 2.75. The molecule has 0 unspecified atom stereocenters. The van der Waals surface area contributed by atoms with E-state index in [4.69, 9.17) is 5.26 Å². The van der Waals surface area contributed by atoms with Crippen molar-refractivity contribution in [3.8, 4) is 6.07 Å². The Morgan fingerprint density at radius 2 is 2.04 bits per heavy atom. The van der Waals surface area contributed by atoms with E-state index in [1.807, 2.05) is 20.8 Å². The van der Waals surface area contributed by atoms with Crippen LogP contribution in [0.2, 0.25) is 0 Å². The van der Waals surface area contributed by atoms with Crippen molar-refractivity contribution in [1.82, 2.24) is 4.57 Å². The van der Waals surface area contributed by atoms with E-state index in [1.165, 1.54) is 11.3 Å². The molecule has 0 N–H and O–H groups in total. The fourth-order valence-electron chi connectivity index (χ4n) is 2.12. The minimum Gasteiger partial charge on any atom is -0.323 e. The third kappa shape index (κ3) is 3.35. The van der Waals surface area contributed by atoms with Crippen LogP contribution in [-0.2, 0) is 17.1 Å². The van der Waals surface area contributed by atoms with Gasteiger partial charge in [0.05, 0.1) is 5.56 Å². The zero-order valence-electron chi connectivity index (χ0n) is 13.2. The first-order valence-electron chi connectivity index (χ1n) is 6.84. The Morgan fingerprint density at radius 3 is 2.57 bits per heavy atom. The van der Waals surface area contributed by atoms with Gasteiger partial charge in [-0.2, -0.15) is 13.7 Å². The predicted molar refractivity (Wildman–Crippen MR) is 86.0 cm³/mol. The van der Waals surface area contributed by atoms with Crippen LogP contribution in [0, 0.1) is 24.1 Å². The molecular formula is C15H16FN3O2S2. The Balaban J connectivity index is 2.71. The molecule has 0 radical (unpaired) electrons. The lowest BCUT2D eigenvalue weighted by Crippen LogP contribution is -2.15. The van der Waals surface area contributed by atoms with Gasteiger partial charge in [0.15, 0.2) is 0 Å². The van der Waals surface area contributed by atoms with Gasteiger partial charge >= 0.3 is 0 Å². The van der Waals surface area contributed by atoms with E-state index < -0.39 is 20.7 Å². The van der Waals surface area contributed by atoms with Crippen LogP contribution in [0.1, 0.15) is 35.9 Å². The van der Waals surface area contributed by atoms with Gasteiger partial charge in [0, 0.05) is 17.6 Å². The summed E-state index contributed by atoms with van der Waals surface area (Å²) in [5, 5.41) is 9.03. The summed E-state index contributed by atoms with van der Waals surface area (Å²) in [5.41, 5.74) is 0.800. The van der Waals surface area contributed by atoms with Crippen molar-refractivity contribution in [2.24, 2.45) is 11.4 Å². The molecule has 23 heavy (non-hydrogen) atoms. The normalized spacial score (nSPS) is 12.7. The molecule has 122 valence electrons. The molecule has 2 aromatic rings. The molecule has 5 nitrogen and oxygen atoms in total. The molecule has 1 aromatic carbocycles. The summed E-state index contributed by atoms with van der Waals surface area (Å²) in [6, 6.07) is 4.76. The zero-order chi connectivity index (χ0) is 17.4. The highest BCUT2D eigenvalue weighted by Gasteiger charge is 2.20. The van der Waals surface area contributed by atoms with Crippen molar-refractivity contribution >= 4 is 21.4 Å². The number of thiazole rings is 1. The molecular weight excluding hydrogens is 337 g/mol. The minimum atomic E-state index is -4.18. The van der Waals surface area contributed by atoms with Gasteiger partial charge in [0.2, 0.25) is 4.80 Å². The molecule has 8 heteroatoms. The van der Waals surface area contributed by atoms with Gasteiger partial charge in [0.25, 0.3) is 10.0 Å². The largest absolute Gasteiger partial charge is 0.323 e. The molecule has 2 rings (SSSR count). The van der Waals surface area contributed by atoms with Crippen LogP contribution < -0.4 is 4.80 Å². The van der Waals surface area contributed by atoms with E-state index in [0.717, 1.165) is 28.8 Å². The second-order valence-corrected chi connectivity index (χ2v) is 7.95. The Kier molecular flexibility index (Phi) is 4.73. The van der Waals surface area contributed by atoms with E-state index >= 15 is 0 Å².